The standard InChI is InChI=1S/C13H15ClN2O3S/c1-6(17)15-11-10(7-4-5-19-12(7)11)16-13(18)8-2-3-9(14)20-8/h2-3,7,10-12H,4-5H2,1H3,(H,15,17)(H,16,18)/t7-,10+,11-,12-/m1/s1. The predicted octanol–water partition coefficient (Wildman–Crippen LogP) is 1.42. The fraction of sp³-hybridized carbons (Fsp3) is 0.538. The van der Waals surface area contributed by atoms with E-state index >= 15 is 0 Å². The molecule has 20 heavy (non-hydrogen) atoms. The zero-order valence-corrected chi connectivity index (χ0v) is 12.5. The Morgan fingerprint density at radius 2 is 2.15 bits per heavy atom. The Bertz CT molecular complexity index is 547. The normalized spacial score (nSPS) is 31.3. The second kappa shape index (κ2) is 5.35. The van der Waals surface area contributed by atoms with Crippen LogP contribution in [0.15, 0.2) is 12.1 Å². The van der Waals surface area contributed by atoms with Crippen LogP contribution in [0.3, 0.4) is 0 Å². The first-order valence-corrected chi connectivity index (χ1v) is 7.70. The summed E-state index contributed by atoms with van der Waals surface area (Å²) in [6.45, 7) is 2.16. The summed E-state index contributed by atoms with van der Waals surface area (Å²) >= 11 is 7.08. The molecule has 0 unspecified atom stereocenters. The summed E-state index contributed by atoms with van der Waals surface area (Å²) in [5.74, 6) is 0.0289. The van der Waals surface area contributed by atoms with Gasteiger partial charge < -0.3 is 15.4 Å². The van der Waals surface area contributed by atoms with E-state index in [1.807, 2.05) is 0 Å². The minimum absolute atomic E-state index is 0.0242. The van der Waals surface area contributed by atoms with Crippen LogP contribution in [-0.4, -0.2) is 36.6 Å². The maximum Gasteiger partial charge on any atom is 0.261 e. The van der Waals surface area contributed by atoms with E-state index in [1.54, 1.807) is 12.1 Å². The average molecular weight is 315 g/mol. The van der Waals surface area contributed by atoms with Crippen LogP contribution in [-0.2, 0) is 9.53 Å². The average Bonchev–Trinajstić information content (AvgIpc) is 2.99. The van der Waals surface area contributed by atoms with Crippen LogP contribution >= 0.6 is 22.9 Å². The van der Waals surface area contributed by atoms with Gasteiger partial charge in [-0.25, -0.2) is 0 Å². The van der Waals surface area contributed by atoms with Crippen LogP contribution in [0.2, 0.25) is 4.34 Å². The van der Waals surface area contributed by atoms with Crippen LogP contribution in [0.4, 0.5) is 0 Å². The van der Waals surface area contributed by atoms with Crippen LogP contribution < -0.4 is 10.6 Å². The molecule has 2 N–H and O–H groups in total. The van der Waals surface area contributed by atoms with Gasteiger partial charge in [-0.3, -0.25) is 9.59 Å². The van der Waals surface area contributed by atoms with Crippen molar-refractivity contribution in [2.24, 2.45) is 5.92 Å². The van der Waals surface area contributed by atoms with E-state index in [2.05, 4.69) is 10.6 Å². The van der Waals surface area contributed by atoms with Crippen molar-refractivity contribution in [2.45, 2.75) is 31.5 Å². The molecule has 0 bridgehead atoms. The maximum absolute atomic E-state index is 12.2. The Morgan fingerprint density at radius 1 is 1.35 bits per heavy atom. The van der Waals surface area contributed by atoms with E-state index in [1.165, 1.54) is 18.3 Å². The van der Waals surface area contributed by atoms with Gasteiger partial charge in [-0.05, 0) is 18.6 Å². The van der Waals surface area contributed by atoms with Crippen molar-refractivity contribution in [3.8, 4) is 0 Å². The fourth-order valence-corrected chi connectivity index (χ4v) is 3.92. The maximum atomic E-state index is 12.2. The van der Waals surface area contributed by atoms with E-state index in [0.717, 1.165) is 6.42 Å². The van der Waals surface area contributed by atoms with Gasteiger partial charge in [0.2, 0.25) is 5.91 Å². The number of carbonyl (C=O) groups excluding carboxylic acids is 2. The monoisotopic (exact) mass is 314 g/mol. The van der Waals surface area contributed by atoms with Crippen molar-refractivity contribution in [2.75, 3.05) is 6.61 Å². The van der Waals surface area contributed by atoms with Gasteiger partial charge in [-0.1, -0.05) is 11.6 Å². The lowest BCUT2D eigenvalue weighted by molar-refractivity contribution is -0.123. The van der Waals surface area contributed by atoms with Crippen LogP contribution in [0.5, 0.6) is 0 Å². The molecule has 0 aromatic carbocycles. The summed E-state index contributed by atoms with van der Waals surface area (Å²) < 4.78 is 6.19. The first-order chi connectivity index (χ1) is 9.56. The highest BCUT2D eigenvalue weighted by Crippen LogP contribution is 2.39. The second-order valence-corrected chi connectivity index (χ2v) is 6.83. The van der Waals surface area contributed by atoms with Crippen LogP contribution in [0, 0.1) is 5.92 Å². The molecule has 5 nitrogen and oxygen atoms in total. The van der Waals surface area contributed by atoms with Crippen molar-refractivity contribution in [3.05, 3.63) is 21.3 Å². The molecule has 1 saturated carbocycles. The molecule has 2 amide bonds. The number of thiophene rings is 1. The zero-order chi connectivity index (χ0) is 14.3. The molecule has 0 spiro atoms. The molecule has 2 heterocycles. The quantitative estimate of drug-likeness (QED) is 0.887. The number of amides is 2. The van der Waals surface area contributed by atoms with Crippen LogP contribution in [0.25, 0.3) is 0 Å². The summed E-state index contributed by atoms with van der Waals surface area (Å²) in [7, 11) is 0. The highest BCUT2D eigenvalue weighted by atomic mass is 35.5. The third kappa shape index (κ3) is 2.43. The van der Waals surface area contributed by atoms with E-state index in [4.69, 9.17) is 16.3 Å². The van der Waals surface area contributed by atoms with Gasteiger partial charge in [-0.2, -0.15) is 0 Å². The molecule has 7 heteroatoms. The number of hydrogen-bond acceptors (Lipinski definition) is 4. The summed E-state index contributed by atoms with van der Waals surface area (Å²) in [5, 5.41) is 5.85. The number of hydrogen-bond donors (Lipinski definition) is 2. The molecular formula is C13H15ClN2O3S. The summed E-state index contributed by atoms with van der Waals surface area (Å²) in [5.41, 5.74) is 0. The molecule has 108 valence electrons. The minimum atomic E-state index is -0.146. The van der Waals surface area contributed by atoms with E-state index < -0.39 is 0 Å². The Kier molecular flexibility index (Phi) is 3.70. The second-order valence-electron chi connectivity index (χ2n) is 5.12. The molecule has 0 radical (unpaired) electrons. The van der Waals surface area contributed by atoms with Crippen molar-refractivity contribution in [1.29, 1.82) is 0 Å². The first-order valence-electron chi connectivity index (χ1n) is 6.51. The zero-order valence-electron chi connectivity index (χ0n) is 10.9. The molecule has 2 aliphatic rings. The molecule has 1 saturated heterocycles. The minimum Gasteiger partial charge on any atom is -0.376 e. The van der Waals surface area contributed by atoms with Gasteiger partial charge in [0.15, 0.2) is 0 Å². The molecule has 2 fully saturated rings. The molecule has 1 aliphatic heterocycles. The number of nitrogens with one attached hydrogen (secondary N) is 2. The van der Waals surface area contributed by atoms with Crippen molar-refractivity contribution in [3.63, 3.8) is 0 Å². The highest BCUT2D eigenvalue weighted by Gasteiger charge is 2.54. The van der Waals surface area contributed by atoms with Gasteiger partial charge in [0, 0.05) is 19.4 Å². The third-order valence-corrected chi connectivity index (χ3v) is 5.08. The van der Waals surface area contributed by atoms with E-state index in [-0.39, 0.29) is 35.9 Å². The number of halogens is 1. The van der Waals surface area contributed by atoms with Crippen molar-refractivity contribution < 1.29 is 14.3 Å². The van der Waals surface area contributed by atoms with Crippen molar-refractivity contribution >= 4 is 34.8 Å². The van der Waals surface area contributed by atoms with Crippen LogP contribution in [0.1, 0.15) is 23.0 Å². The molecule has 3 rings (SSSR count). The lowest BCUT2D eigenvalue weighted by atomic mass is 9.71. The van der Waals surface area contributed by atoms with Gasteiger partial charge in [0.1, 0.15) is 0 Å². The number of carbonyl (C=O) groups is 2. The molecule has 4 atom stereocenters. The van der Waals surface area contributed by atoms with Gasteiger partial charge in [-0.15, -0.1) is 11.3 Å². The molecular weight excluding hydrogens is 300 g/mol. The largest absolute Gasteiger partial charge is 0.376 e. The van der Waals surface area contributed by atoms with E-state index in [9.17, 15) is 9.59 Å². The molecule has 1 aromatic rings. The Balaban J connectivity index is 1.68. The Morgan fingerprint density at radius 3 is 2.80 bits per heavy atom. The SMILES string of the molecule is CC(=O)N[C@@H]1[C@@H](NC(=O)c2ccc(Cl)s2)[C@H]2CCO[C@H]21. The van der Waals surface area contributed by atoms with Gasteiger partial charge >= 0.3 is 0 Å². The van der Waals surface area contributed by atoms with Gasteiger partial charge in [0.05, 0.1) is 27.4 Å². The summed E-state index contributed by atoms with van der Waals surface area (Å²) in [6, 6.07) is 3.20. The molecule has 1 aromatic heterocycles. The number of ether oxygens (including phenoxy) is 1. The van der Waals surface area contributed by atoms with Crippen molar-refractivity contribution in [1.82, 2.24) is 10.6 Å². The summed E-state index contributed by atoms with van der Waals surface area (Å²) in [4.78, 5) is 24.0. The lowest BCUT2D eigenvalue weighted by Crippen LogP contribution is -2.70. The number of fused-ring (bicyclic) bond motifs is 1. The summed E-state index contributed by atoms with van der Waals surface area (Å²) in [6.07, 6.45) is 0.938. The fourth-order valence-electron chi connectivity index (χ4n) is 2.97. The topological polar surface area (TPSA) is 67.4 Å². The Labute approximate surface area is 125 Å². The van der Waals surface area contributed by atoms with E-state index in [0.29, 0.717) is 15.8 Å². The predicted molar refractivity (Wildman–Crippen MR) is 76.0 cm³/mol. The number of rotatable bonds is 3. The Hall–Kier alpha value is -1.11. The lowest BCUT2D eigenvalue weighted by Gasteiger charge is -2.47. The van der Waals surface area contributed by atoms with Gasteiger partial charge in [0.25, 0.3) is 5.91 Å². The molecule has 1 aliphatic carbocycles. The first kappa shape index (κ1) is 13.9. The smallest absolute Gasteiger partial charge is 0.261 e. The third-order valence-electron chi connectivity index (χ3n) is 3.85. The highest BCUT2D eigenvalue weighted by molar-refractivity contribution is 7.18.